The summed E-state index contributed by atoms with van der Waals surface area (Å²) in [6, 6.07) is 8.36. The molecule has 0 bridgehead atoms. The molecule has 3 rings (SSSR count). The van der Waals surface area contributed by atoms with Gasteiger partial charge in [0.05, 0.1) is 18.1 Å². The first-order chi connectivity index (χ1) is 13.6. The van der Waals surface area contributed by atoms with Gasteiger partial charge in [0.25, 0.3) is 5.91 Å². The highest BCUT2D eigenvalue weighted by Gasteiger charge is 2.19. The van der Waals surface area contributed by atoms with Gasteiger partial charge in [0.15, 0.2) is 0 Å². The Morgan fingerprint density at radius 2 is 2.11 bits per heavy atom. The van der Waals surface area contributed by atoms with E-state index in [2.05, 4.69) is 32.3 Å². The molecule has 0 unspecified atom stereocenters. The van der Waals surface area contributed by atoms with Crippen LogP contribution in [0, 0.1) is 0 Å². The number of likely N-dealkylation sites (tertiary alicyclic amines) is 1. The molecule has 0 spiro atoms. The third kappa shape index (κ3) is 6.30. The van der Waals surface area contributed by atoms with E-state index < -0.39 is 5.91 Å². The molecule has 2 aromatic rings. The van der Waals surface area contributed by atoms with Gasteiger partial charge >= 0.3 is 0 Å². The molecule has 1 aliphatic rings. The maximum absolute atomic E-state index is 11.0. The third-order valence-electron chi connectivity index (χ3n) is 4.67. The van der Waals surface area contributed by atoms with Crippen LogP contribution < -0.4 is 10.8 Å². The van der Waals surface area contributed by atoms with Crippen molar-refractivity contribution in [2.45, 2.75) is 25.3 Å². The summed E-state index contributed by atoms with van der Waals surface area (Å²) in [6.45, 7) is 3.09. The Balaban J connectivity index is 1.48. The van der Waals surface area contributed by atoms with E-state index in [4.69, 9.17) is 16.8 Å². The topological polar surface area (TPSA) is 90.4 Å². The molecule has 8 heteroatoms. The van der Waals surface area contributed by atoms with Gasteiger partial charge in [-0.15, -0.1) is 0 Å². The number of hydrogen-bond acceptors (Lipinski definition) is 6. The minimum Gasteiger partial charge on any atom is -0.365 e. The zero-order valence-electron chi connectivity index (χ0n) is 15.5. The first kappa shape index (κ1) is 20.3. The van der Waals surface area contributed by atoms with Crippen molar-refractivity contribution < 1.29 is 10.0 Å². The minimum atomic E-state index is -0.607. The van der Waals surface area contributed by atoms with E-state index in [1.54, 1.807) is 12.4 Å². The molecule has 2 heterocycles. The molecule has 0 aliphatic carbocycles. The fraction of sp³-hybridized carbons (Fsp3) is 0.350. The zero-order chi connectivity index (χ0) is 19.8. The maximum Gasteiger partial charge on any atom is 0.267 e. The Labute approximate surface area is 169 Å². The fourth-order valence-corrected chi connectivity index (χ4v) is 3.35. The van der Waals surface area contributed by atoms with Crippen molar-refractivity contribution in [3.8, 4) is 0 Å². The lowest BCUT2D eigenvalue weighted by Gasteiger charge is -2.33. The Morgan fingerprint density at radius 3 is 2.82 bits per heavy atom. The zero-order valence-corrected chi connectivity index (χ0v) is 16.3. The van der Waals surface area contributed by atoms with Crippen LogP contribution in [0.25, 0.3) is 6.08 Å². The van der Waals surface area contributed by atoms with Crippen LogP contribution in [-0.2, 0) is 11.2 Å². The highest BCUT2D eigenvalue weighted by molar-refractivity contribution is 6.30. The molecule has 1 aromatic heterocycles. The molecule has 0 radical (unpaired) electrons. The smallest absolute Gasteiger partial charge is 0.267 e. The number of nitrogens with one attached hydrogen (secondary N) is 2. The van der Waals surface area contributed by atoms with Crippen molar-refractivity contribution in [3.63, 3.8) is 0 Å². The number of halogens is 1. The van der Waals surface area contributed by atoms with Gasteiger partial charge in [-0.25, -0.2) is 10.5 Å². The Bertz CT molecular complexity index is 795. The van der Waals surface area contributed by atoms with E-state index >= 15 is 0 Å². The number of rotatable bonds is 7. The van der Waals surface area contributed by atoms with Gasteiger partial charge in [0.2, 0.25) is 0 Å². The van der Waals surface area contributed by atoms with Gasteiger partial charge < -0.3 is 10.2 Å². The molecule has 7 nitrogen and oxygen atoms in total. The van der Waals surface area contributed by atoms with Gasteiger partial charge in [-0.2, -0.15) is 0 Å². The van der Waals surface area contributed by atoms with Crippen LogP contribution in [0.15, 0.2) is 42.7 Å². The van der Waals surface area contributed by atoms with Crippen molar-refractivity contribution in [2.24, 2.45) is 0 Å². The average Bonchev–Trinajstić information content (AvgIpc) is 2.73. The number of carbonyl (C=O) groups excluding carboxylic acids is 1. The first-order valence-corrected chi connectivity index (χ1v) is 9.68. The monoisotopic (exact) mass is 401 g/mol. The molecule has 0 saturated carbocycles. The third-order valence-corrected chi connectivity index (χ3v) is 4.93. The highest BCUT2D eigenvalue weighted by Crippen LogP contribution is 2.16. The van der Waals surface area contributed by atoms with Gasteiger partial charge in [-0.1, -0.05) is 23.7 Å². The predicted octanol–water partition coefficient (Wildman–Crippen LogP) is 2.77. The summed E-state index contributed by atoms with van der Waals surface area (Å²) in [5, 5.41) is 12.7. The molecule has 1 atom stereocenters. The minimum absolute atomic E-state index is 0.329. The number of amides is 1. The van der Waals surface area contributed by atoms with Crippen LogP contribution in [0.5, 0.6) is 0 Å². The number of hydrogen-bond donors (Lipinski definition) is 3. The molecule has 3 N–H and O–H groups in total. The van der Waals surface area contributed by atoms with E-state index in [0.29, 0.717) is 17.6 Å². The van der Waals surface area contributed by atoms with E-state index in [9.17, 15) is 4.79 Å². The molecular weight excluding hydrogens is 378 g/mol. The van der Waals surface area contributed by atoms with Gasteiger partial charge in [-0.3, -0.25) is 15.0 Å². The molecular formula is C20H24ClN5O2. The van der Waals surface area contributed by atoms with E-state index in [0.717, 1.165) is 43.9 Å². The number of carbonyl (C=O) groups is 1. The summed E-state index contributed by atoms with van der Waals surface area (Å²) in [5.41, 5.74) is 3.37. The van der Waals surface area contributed by atoms with Crippen molar-refractivity contribution in [3.05, 3.63) is 59.0 Å². The summed E-state index contributed by atoms with van der Waals surface area (Å²) in [4.78, 5) is 22.1. The second-order valence-corrected chi connectivity index (χ2v) is 7.23. The Kier molecular flexibility index (Phi) is 7.36. The molecule has 1 saturated heterocycles. The van der Waals surface area contributed by atoms with Gasteiger partial charge in [0.1, 0.15) is 5.82 Å². The van der Waals surface area contributed by atoms with Gasteiger partial charge in [0, 0.05) is 30.2 Å². The van der Waals surface area contributed by atoms with Gasteiger partial charge in [-0.05, 0) is 49.6 Å². The van der Waals surface area contributed by atoms with E-state index in [1.807, 2.05) is 12.1 Å². The number of aromatic nitrogens is 2. The van der Waals surface area contributed by atoms with Crippen LogP contribution in [0.2, 0.25) is 5.02 Å². The molecule has 1 aromatic carbocycles. The molecule has 1 fully saturated rings. The summed E-state index contributed by atoms with van der Waals surface area (Å²) in [7, 11) is 0. The van der Waals surface area contributed by atoms with E-state index in [-0.39, 0.29) is 0 Å². The fourth-order valence-electron chi connectivity index (χ4n) is 3.22. The normalized spacial score (nSPS) is 17.6. The lowest BCUT2D eigenvalue weighted by Crippen LogP contribution is -2.43. The number of benzene rings is 1. The average molecular weight is 402 g/mol. The second kappa shape index (κ2) is 10.2. The lowest BCUT2D eigenvalue weighted by atomic mass is 10.0. The number of piperidine rings is 1. The number of nitrogens with zero attached hydrogens (tertiary/aromatic N) is 3. The SMILES string of the molecule is O=C(C=Cc1cnc(N[C@@H]2CCCN(CCc3ccc(Cl)cc3)C2)cn1)NO. The van der Waals surface area contributed by atoms with Crippen LogP contribution in [-0.4, -0.2) is 51.7 Å². The standard InChI is InChI=1S/C20H24ClN5O2/c21-16-5-3-15(4-6-16)9-11-26-10-1-2-18(14-26)24-19-13-22-17(12-23-19)7-8-20(27)25-28/h3-8,12-13,18,28H,1-2,9-11,14H2,(H,23,24)(H,25,27)/t18-/m1/s1. The Morgan fingerprint density at radius 1 is 1.29 bits per heavy atom. The quantitative estimate of drug-likeness (QED) is 0.375. The summed E-state index contributed by atoms with van der Waals surface area (Å²) >= 11 is 5.94. The molecule has 148 valence electrons. The second-order valence-electron chi connectivity index (χ2n) is 6.80. The highest BCUT2D eigenvalue weighted by atomic mass is 35.5. The number of anilines is 1. The maximum atomic E-state index is 11.0. The summed E-state index contributed by atoms with van der Waals surface area (Å²) in [5.74, 6) is 0.109. The molecule has 1 aliphatic heterocycles. The Hall–Kier alpha value is -2.48. The predicted molar refractivity (Wildman–Crippen MR) is 109 cm³/mol. The van der Waals surface area contributed by atoms with Crippen molar-refractivity contribution in [1.82, 2.24) is 20.3 Å². The van der Waals surface area contributed by atoms with Crippen LogP contribution in [0.1, 0.15) is 24.1 Å². The number of hydroxylamine groups is 1. The molecule has 28 heavy (non-hydrogen) atoms. The largest absolute Gasteiger partial charge is 0.365 e. The summed E-state index contributed by atoms with van der Waals surface area (Å²) < 4.78 is 0. The van der Waals surface area contributed by atoms with Crippen LogP contribution >= 0.6 is 11.6 Å². The summed E-state index contributed by atoms with van der Waals surface area (Å²) in [6.07, 6.45) is 9.17. The molecule has 1 amide bonds. The van der Waals surface area contributed by atoms with Crippen LogP contribution in [0.4, 0.5) is 5.82 Å². The van der Waals surface area contributed by atoms with Crippen molar-refractivity contribution in [2.75, 3.05) is 25.0 Å². The van der Waals surface area contributed by atoms with Crippen molar-refractivity contribution in [1.29, 1.82) is 0 Å². The van der Waals surface area contributed by atoms with Crippen LogP contribution in [0.3, 0.4) is 0 Å². The first-order valence-electron chi connectivity index (χ1n) is 9.30. The van der Waals surface area contributed by atoms with E-state index in [1.165, 1.54) is 23.2 Å². The van der Waals surface area contributed by atoms with Crippen molar-refractivity contribution >= 4 is 29.4 Å². The lowest BCUT2D eigenvalue weighted by molar-refractivity contribution is -0.124.